The SMILES string of the molecule is O=C([O-])CNCc1ccc(C(=O)[O-])c(C(=O)[O-])c1.[Na+].[Na+].[Na+]. The van der Waals surface area contributed by atoms with Gasteiger partial charge in [0.25, 0.3) is 0 Å². The first kappa shape index (κ1) is 26.5. The number of aromatic carboxylic acids is 2. The molecule has 0 atom stereocenters. The Balaban J connectivity index is -0.00000108. The zero-order valence-corrected chi connectivity index (χ0v) is 18.1. The molecule has 0 fully saturated rings. The van der Waals surface area contributed by atoms with Crippen molar-refractivity contribution >= 4 is 17.9 Å². The molecule has 96 valence electrons. The maximum absolute atomic E-state index is 10.7. The molecule has 0 spiro atoms. The average molecular weight is 319 g/mol. The summed E-state index contributed by atoms with van der Waals surface area (Å²) >= 11 is 0. The summed E-state index contributed by atoms with van der Waals surface area (Å²) in [6.07, 6.45) is 0. The molecular formula is C11H8NNa3O6. The molecule has 10 heteroatoms. The topological polar surface area (TPSA) is 132 Å². The molecule has 0 saturated carbocycles. The van der Waals surface area contributed by atoms with Crippen LogP contribution in [0.5, 0.6) is 0 Å². The molecule has 1 rings (SSSR count). The average Bonchev–Trinajstić information content (AvgIpc) is 2.28. The molecule has 0 heterocycles. The van der Waals surface area contributed by atoms with Crippen LogP contribution in [0.25, 0.3) is 0 Å². The predicted octanol–water partition coefficient (Wildman–Crippen LogP) is -12.7. The molecule has 0 bridgehead atoms. The number of hydrogen-bond acceptors (Lipinski definition) is 7. The summed E-state index contributed by atoms with van der Waals surface area (Å²) in [4.78, 5) is 31.5. The molecule has 0 amide bonds. The van der Waals surface area contributed by atoms with Gasteiger partial charge in [-0.2, -0.15) is 0 Å². The first-order valence-corrected chi connectivity index (χ1v) is 4.88. The van der Waals surface area contributed by atoms with Crippen LogP contribution in [-0.4, -0.2) is 24.5 Å². The van der Waals surface area contributed by atoms with Crippen LogP contribution in [0.3, 0.4) is 0 Å². The van der Waals surface area contributed by atoms with Gasteiger partial charge >= 0.3 is 88.7 Å². The normalized spacial score (nSPS) is 8.57. The van der Waals surface area contributed by atoms with E-state index in [1.165, 1.54) is 6.07 Å². The summed E-state index contributed by atoms with van der Waals surface area (Å²) in [5.41, 5.74) is -0.596. The van der Waals surface area contributed by atoms with Crippen molar-refractivity contribution in [3.05, 3.63) is 34.9 Å². The van der Waals surface area contributed by atoms with Gasteiger partial charge < -0.3 is 35.0 Å². The zero-order valence-electron chi connectivity index (χ0n) is 12.1. The maximum Gasteiger partial charge on any atom is 1.00 e. The van der Waals surface area contributed by atoms with E-state index in [1.807, 2.05) is 0 Å². The Hall–Kier alpha value is 0.590. The van der Waals surface area contributed by atoms with Crippen molar-refractivity contribution in [2.75, 3.05) is 6.54 Å². The van der Waals surface area contributed by atoms with Crippen LogP contribution in [0, 0.1) is 0 Å². The number of hydrogen-bond donors (Lipinski definition) is 1. The van der Waals surface area contributed by atoms with Crippen LogP contribution >= 0.6 is 0 Å². The first-order chi connectivity index (χ1) is 8.41. The Morgan fingerprint density at radius 1 is 0.905 bits per heavy atom. The molecule has 21 heavy (non-hydrogen) atoms. The standard InChI is InChI=1S/C11H11NO6.3Na/c13-9(14)5-12-4-6-1-2-7(10(15)16)8(3-6)11(17)18;;;/h1-3,12H,4-5H2,(H,13,14)(H,15,16)(H,17,18);;;/q;3*+1/p-3. The number of carboxylic acids is 3. The van der Waals surface area contributed by atoms with Crippen molar-refractivity contribution in [2.45, 2.75) is 6.54 Å². The Bertz CT molecular complexity index is 509. The van der Waals surface area contributed by atoms with Crippen LogP contribution in [0.1, 0.15) is 26.3 Å². The van der Waals surface area contributed by atoms with Crippen LogP contribution in [0.4, 0.5) is 0 Å². The Kier molecular flexibility index (Phi) is 16.5. The summed E-state index contributed by atoms with van der Waals surface area (Å²) in [7, 11) is 0. The van der Waals surface area contributed by atoms with Crippen molar-refractivity contribution in [3.8, 4) is 0 Å². The van der Waals surface area contributed by atoms with Crippen molar-refractivity contribution in [2.24, 2.45) is 0 Å². The van der Waals surface area contributed by atoms with Gasteiger partial charge in [0.05, 0.1) is 17.9 Å². The van der Waals surface area contributed by atoms with Crippen molar-refractivity contribution < 1.29 is 118 Å². The van der Waals surface area contributed by atoms with Crippen molar-refractivity contribution in [1.82, 2.24) is 5.32 Å². The number of rotatable bonds is 6. The van der Waals surface area contributed by atoms with E-state index >= 15 is 0 Å². The second-order valence-corrected chi connectivity index (χ2v) is 3.43. The van der Waals surface area contributed by atoms with E-state index in [-0.39, 0.29) is 95.2 Å². The fraction of sp³-hybridized carbons (Fsp3) is 0.182. The zero-order chi connectivity index (χ0) is 13.7. The first-order valence-electron chi connectivity index (χ1n) is 4.88. The molecule has 1 N–H and O–H groups in total. The second kappa shape index (κ2) is 13.1. The number of nitrogens with one attached hydrogen (secondary N) is 1. The van der Waals surface area contributed by atoms with Crippen LogP contribution in [0.2, 0.25) is 0 Å². The summed E-state index contributed by atoms with van der Waals surface area (Å²) in [6, 6.07) is 3.50. The third kappa shape index (κ3) is 9.35. The summed E-state index contributed by atoms with van der Waals surface area (Å²) in [5.74, 6) is -4.57. The van der Waals surface area contributed by atoms with E-state index < -0.39 is 35.6 Å². The Morgan fingerprint density at radius 3 is 1.86 bits per heavy atom. The van der Waals surface area contributed by atoms with E-state index in [1.54, 1.807) is 0 Å². The van der Waals surface area contributed by atoms with Gasteiger partial charge in [-0.1, -0.05) is 12.1 Å². The number of carbonyl (C=O) groups excluding carboxylic acids is 3. The predicted molar refractivity (Wildman–Crippen MR) is 51.8 cm³/mol. The van der Waals surface area contributed by atoms with Crippen LogP contribution < -0.4 is 109 Å². The van der Waals surface area contributed by atoms with Crippen molar-refractivity contribution in [1.29, 1.82) is 0 Å². The molecule has 1 aromatic carbocycles. The molecule has 0 aliphatic carbocycles. The van der Waals surface area contributed by atoms with Gasteiger partial charge in [0.2, 0.25) is 0 Å². The molecule has 0 aliphatic rings. The van der Waals surface area contributed by atoms with E-state index in [9.17, 15) is 29.7 Å². The minimum atomic E-state index is -1.64. The number of benzene rings is 1. The summed E-state index contributed by atoms with van der Waals surface area (Å²) in [6.45, 7) is -0.343. The van der Waals surface area contributed by atoms with Gasteiger partial charge in [0, 0.05) is 24.2 Å². The molecule has 0 unspecified atom stereocenters. The van der Waals surface area contributed by atoms with E-state index in [2.05, 4.69) is 5.32 Å². The number of aliphatic carboxylic acids is 1. The number of carboxylic acid groups (broad SMARTS) is 3. The van der Waals surface area contributed by atoms with Gasteiger partial charge in [-0.15, -0.1) is 0 Å². The summed E-state index contributed by atoms with van der Waals surface area (Å²) in [5, 5.41) is 34.0. The van der Waals surface area contributed by atoms with Crippen LogP contribution in [0.15, 0.2) is 18.2 Å². The largest absolute Gasteiger partial charge is 1.00 e. The fourth-order valence-electron chi connectivity index (χ4n) is 1.36. The minimum absolute atomic E-state index is 0. The molecule has 0 aromatic heterocycles. The van der Waals surface area contributed by atoms with Crippen molar-refractivity contribution in [3.63, 3.8) is 0 Å². The van der Waals surface area contributed by atoms with E-state index in [4.69, 9.17) is 0 Å². The third-order valence-electron chi connectivity index (χ3n) is 2.12. The summed E-state index contributed by atoms with van der Waals surface area (Å²) < 4.78 is 0. The van der Waals surface area contributed by atoms with E-state index in [0.29, 0.717) is 5.56 Å². The number of carbonyl (C=O) groups is 3. The molecule has 0 radical (unpaired) electrons. The monoisotopic (exact) mass is 319 g/mol. The minimum Gasteiger partial charge on any atom is -0.549 e. The fourth-order valence-corrected chi connectivity index (χ4v) is 1.36. The van der Waals surface area contributed by atoms with Gasteiger partial charge in [-0.05, 0) is 11.6 Å². The third-order valence-corrected chi connectivity index (χ3v) is 2.12. The maximum atomic E-state index is 10.7. The van der Waals surface area contributed by atoms with Gasteiger partial charge in [-0.25, -0.2) is 0 Å². The Morgan fingerprint density at radius 2 is 1.43 bits per heavy atom. The van der Waals surface area contributed by atoms with Gasteiger partial charge in [-0.3, -0.25) is 0 Å². The smallest absolute Gasteiger partial charge is 0.549 e. The Labute approximate surface area is 187 Å². The molecule has 1 aromatic rings. The van der Waals surface area contributed by atoms with Gasteiger partial charge in [0.1, 0.15) is 0 Å². The second-order valence-electron chi connectivity index (χ2n) is 3.43. The van der Waals surface area contributed by atoms with E-state index in [0.717, 1.165) is 12.1 Å². The molecular weight excluding hydrogens is 311 g/mol. The van der Waals surface area contributed by atoms with Crippen LogP contribution in [-0.2, 0) is 11.3 Å². The molecule has 0 saturated heterocycles. The quantitative estimate of drug-likeness (QED) is 0.515. The molecule has 7 nitrogen and oxygen atoms in total. The molecule has 0 aliphatic heterocycles. The van der Waals surface area contributed by atoms with Gasteiger partial charge in [0.15, 0.2) is 0 Å².